The Balaban J connectivity index is 1.49. The molecule has 0 spiro atoms. The van der Waals surface area contributed by atoms with Crippen LogP contribution in [-0.2, 0) is 28.4 Å². The van der Waals surface area contributed by atoms with Crippen LogP contribution in [0.3, 0.4) is 0 Å². The molecule has 1 aliphatic heterocycles. The van der Waals surface area contributed by atoms with Crippen LogP contribution in [0.5, 0.6) is 0 Å². The molecule has 1 unspecified atom stereocenters. The Bertz CT molecular complexity index is 1370. The summed E-state index contributed by atoms with van der Waals surface area (Å²) < 4.78 is 28.5. The van der Waals surface area contributed by atoms with Gasteiger partial charge in [0.05, 0.1) is 22.2 Å². The van der Waals surface area contributed by atoms with Crippen molar-refractivity contribution in [3.63, 3.8) is 0 Å². The number of hydrogen-bond acceptors (Lipinski definition) is 6. The van der Waals surface area contributed by atoms with Crippen LogP contribution in [0.4, 0.5) is 0 Å². The van der Waals surface area contributed by atoms with Gasteiger partial charge in [-0.25, -0.2) is 8.42 Å². The Hall–Kier alpha value is -3.97. The number of nitrogens with zero attached hydrogens (tertiary/aromatic N) is 4. The van der Waals surface area contributed by atoms with E-state index in [9.17, 15) is 13.2 Å². The molecule has 0 radical (unpaired) electrons. The van der Waals surface area contributed by atoms with Crippen LogP contribution in [-0.4, -0.2) is 36.0 Å². The molecule has 32 heavy (non-hydrogen) atoms. The zero-order valence-electron chi connectivity index (χ0n) is 17.4. The maximum absolute atomic E-state index is 12.7. The molecule has 0 saturated heterocycles. The van der Waals surface area contributed by atoms with Crippen molar-refractivity contribution in [1.29, 1.82) is 5.26 Å². The van der Waals surface area contributed by atoms with E-state index < -0.39 is 16.1 Å². The molecule has 0 fully saturated rings. The third-order valence-electron chi connectivity index (χ3n) is 5.01. The second kappa shape index (κ2) is 8.28. The van der Waals surface area contributed by atoms with Crippen LogP contribution in [0.25, 0.3) is 11.3 Å². The van der Waals surface area contributed by atoms with Crippen LogP contribution in [0, 0.1) is 11.3 Å². The monoisotopic (exact) mass is 448 g/mol. The molecule has 162 valence electrons. The van der Waals surface area contributed by atoms with Gasteiger partial charge in [0.1, 0.15) is 11.9 Å². The summed E-state index contributed by atoms with van der Waals surface area (Å²) in [7, 11) is -1.88. The Kier molecular flexibility index (Phi) is 5.50. The van der Waals surface area contributed by atoms with Gasteiger partial charge in [-0.2, -0.15) is 10.4 Å². The summed E-state index contributed by atoms with van der Waals surface area (Å²) in [6, 6.07) is 14.8. The molecule has 10 heteroatoms. The molecule has 1 atom stereocenters. The number of fused-ring (bicyclic) bond motifs is 1. The van der Waals surface area contributed by atoms with E-state index in [1.54, 1.807) is 49.0 Å². The summed E-state index contributed by atoms with van der Waals surface area (Å²) in [5.74, 6) is -0.196. The van der Waals surface area contributed by atoms with Crippen LogP contribution in [0.1, 0.15) is 23.6 Å². The highest BCUT2D eigenvalue weighted by Gasteiger charge is 2.31. The minimum absolute atomic E-state index is 0.147. The molecule has 2 heterocycles. The molecular weight excluding hydrogens is 428 g/mol. The third kappa shape index (κ3) is 4.10. The fourth-order valence-electron chi connectivity index (χ4n) is 3.42. The summed E-state index contributed by atoms with van der Waals surface area (Å²) in [6.45, 7) is 1.82. The van der Waals surface area contributed by atoms with Gasteiger partial charge in [-0.05, 0) is 31.2 Å². The molecule has 1 aromatic heterocycles. The Morgan fingerprint density at radius 2 is 1.97 bits per heavy atom. The quantitative estimate of drug-likeness (QED) is 0.614. The topological polar surface area (TPSA) is 129 Å². The summed E-state index contributed by atoms with van der Waals surface area (Å²) >= 11 is 0. The summed E-state index contributed by atoms with van der Waals surface area (Å²) in [5.41, 5.74) is 3.34. The molecule has 0 aliphatic carbocycles. The largest absolute Gasteiger partial charge is 0.350 e. The summed E-state index contributed by atoms with van der Waals surface area (Å²) in [6.07, 6.45) is 1.81. The number of aryl methyl sites for hydroxylation is 1. The van der Waals surface area contributed by atoms with E-state index in [-0.39, 0.29) is 23.2 Å². The van der Waals surface area contributed by atoms with Crippen molar-refractivity contribution in [2.45, 2.75) is 24.4 Å². The van der Waals surface area contributed by atoms with E-state index in [0.717, 1.165) is 11.1 Å². The van der Waals surface area contributed by atoms with Crippen LogP contribution in [0.2, 0.25) is 0 Å². The number of aromatic nitrogens is 2. The Labute approximate surface area is 185 Å². The number of sulfonamides is 1. The van der Waals surface area contributed by atoms with Crippen molar-refractivity contribution in [3.05, 3.63) is 71.4 Å². The molecule has 2 aromatic carbocycles. The SMILES string of the molecule is CC(N=C1NS(=O)(=O)c2ccccc21)C(=O)NCc1cn(C)nc1-c1ccc(C#N)cc1. The van der Waals surface area contributed by atoms with Gasteiger partial charge < -0.3 is 5.32 Å². The van der Waals surface area contributed by atoms with Crippen LogP contribution in [0.15, 0.2) is 64.6 Å². The van der Waals surface area contributed by atoms with E-state index in [4.69, 9.17) is 5.26 Å². The number of rotatable bonds is 5. The second-order valence-corrected chi connectivity index (χ2v) is 8.99. The van der Waals surface area contributed by atoms with Gasteiger partial charge in [-0.1, -0.05) is 24.3 Å². The molecule has 2 N–H and O–H groups in total. The van der Waals surface area contributed by atoms with Crippen molar-refractivity contribution in [2.75, 3.05) is 0 Å². The lowest BCUT2D eigenvalue weighted by molar-refractivity contribution is -0.122. The molecule has 3 aromatic rings. The minimum atomic E-state index is -3.66. The predicted molar refractivity (Wildman–Crippen MR) is 118 cm³/mol. The summed E-state index contributed by atoms with van der Waals surface area (Å²) in [4.78, 5) is 17.1. The lowest BCUT2D eigenvalue weighted by Gasteiger charge is -2.10. The van der Waals surface area contributed by atoms with Gasteiger partial charge in [0.2, 0.25) is 5.91 Å². The van der Waals surface area contributed by atoms with Crippen LogP contribution < -0.4 is 10.0 Å². The number of nitrogens with one attached hydrogen (secondary N) is 2. The van der Waals surface area contributed by atoms with Crippen molar-refractivity contribution in [2.24, 2.45) is 12.0 Å². The van der Waals surface area contributed by atoms with Gasteiger partial charge >= 0.3 is 0 Å². The van der Waals surface area contributed by atoms with Crippen LogP contribution >= 0.6 is 0 Å². The highest BCUT2D eigenvalue weighted by Crippen LogP contribution is 2.24. The first kappa shape index (κ1) is 21.3. The number of carbonyl (C=O) groups excluding carboxylic acids is 1. The zero-order valence-corrected chi connectivity index (χ0v) is 18.2. The Morgan fingerprint density at radius 3 is 2.69 bits per heavy atom. The number of aliphatic imine (C=N–C) groups is 1. The van der Waals surface area contributed by atoms with Gasteiger partial charge in [0.15, 0.2) is 0 Å². The lowest BCUT2D eigenvalue weighted by atomic mass is 10.1. The molecular formula is C22H20N6O3S. The maximum atomic E-state index is 12.7. The summed E-state index contributed by atoms with van der Waals surface area (Å²) in [5, 5.41) is 16.3. The maximum Gasteiger partial charge on any atom is 0.263 e. The van der Waals surface area contributed by atoms with E-state index in [0.29, 0.717) is 16.8 Å². The number of carbonyl (C=O) groups is 1. The Morgan fingerprint density at radius 1 is 1.25 bits per heavy atom. The minimum Gasteiger partial charge on any atom is -0.350 e. The van der Waals surface area contributed by atoms with Gasteiger partial charge in [0.25, 0.3) is 10.0 Å². The van der Waals surface area contributed by atoms with Crippen molar-refractivity contribution in [3.8, 4) is 17.3 Å². The molecule has 1 amide bonds. The lowest BCUT2D eigenvalue weighted by Crippen LogP contribution is -2.33. The second-order valence-electron chi connectivity index (χ2n) is 7.34. The van der Waals surface area contributed by atoms with Crippen molar-refractivity contribution < 1.29 is 13.2 Å². The first-order valence-corrected chi connectivity index (χ1v) is 11.3. The van der Waals surface area contributed by atoms with Crippen molar-refractivity contribution >= 4 is 21.8 Å². The fraction of sp³-hybridized carbons (Fsp3) is 0.182. The average molecular weight is 449 g/mol. The molecule has 0 saturated carbocycles. The number of nitriles is 1. The number of amides is 1. The highest BCUT2D eigenvalue weighted by atomic mass is 32.2. The standard InChI is InChI=1S/C22H20N6O3S/c1-14(25-21-18-5-3-4-6-19(18)32(30,31)27-21)22(29)24-12-17-13-28(2)26-20(17)16-9-7-15(11-23)8-10-16/h3-10,13-14H,12H2,1-2H3,(H,24,29)(H,25,27). The zero-order chi connectivity index (χ0) is 22.9. The molecule has 4 rings (SSSR count). The molecule has 1 aliphatic rings. The van der Waals surface area contributed by atoms with Crippen molar-refractivity contribution in [1.82, 2.24) is 19.8 Å². The fourth-order valence-corrected chi connectivity index (χ4v) is 4.66. The first-order valence-electron chi connectivity index (χ1n) is 9.79. The van der Waals surface area contributed by atoms with E-state index in [1.807, 2.05) is 18.3 Å². The van der Waals surface area contributed by atoms with E-state index in [2.05, 4.69) is 26.2 Å². The normalized spacial score (nSPS) is 16.1. The number of benzene rings is 2. The van der Waals surface area contributed by atoms with E-state index >= 15 is 0 Å². The highest BCUT2D eigenvalue weighted by molar-refractivity contribution is 7.90. The third-order valence-corrected chi connectivity index (χ3v) is 6.41. The van der Waals surface area contributed by atoms with Gasteiger partial charge in [-0.15, -0.1) is 0 Å². The molecule has 0 bridgehead atoms. The number of hydrogen-bond donors (Lipinski definition) is 2. The first-order chi connectivity index (χ1) is 15.3. The average Bonchev–Trinajstić information content (AvgIpc) is 3.28. The molecule has 9 nitrogen and oxygen atoms in total. The predicted octanol–water partition coefficient (Wildman–Crippen LogP) is 1.70. The van der Waals surface area contributed by atoms with Gasteiger partial charge in [0, 0.05) is 36.5 Å². The van der Waals surface area contributed by atoms with E-state index in [1.165, 1.54) is 6.07 Å². The van der Waals surface area contributed by atoms with Gasteiger partial charge in [-0.3, -0.25) is 19.2 Å². The number of amidine groups is 1. The smallest absolute Gasteiger partial charge is 0.263 e.